The minimum Gasteiger partial charge on any atom is -0.326 e. The van der Waals surface area contributed by atoms with Crippen LogP contribution in [0.2, 0.25) is 0 Å². The molecule has 0 aromatic carbocycles. The van der Waals surface area contributed by atoms with Crippen LogP contribution in [0.3, 0.4) is 0 Å². The van der Waals surface area contributed by atoms with Gasteiger partial charge in [-0.15, -0.1) is 0 Å². The van der Waals surface area contributed by atoms with Crippen molar-refractivity contribution in [1.82, 2.24) is 4.98 Å². The Bertz CT molecular complexity index is 384. The molecule has 2 N–H and O–H groups in total. The Hall–Kier alpha value is -1.61. The SMILES string of the molecule is N#Cc1c(F)ncc(C(F)F)c1CN. The highest BCUT2D eigenvalue weighted by Crippen LogP contribution is 2.25. The van der Waals surface area contributed by atoms with Gasteiger partial charge in [0.25, 0.3) is 6.43 Å². The zero-order valence-corrected chi connectivity index (χ0v) is 6.97. The Balaban J connectivity index is 3.42. The molecule has 0 aliphatic heterocycles. The predicted molar refractivity (Wildman–Crippen MR) is 41.8 cm³/mol. The van der Waals surface area contributed by atoms with Gasteiger partial charge in [0.2, 0.25) is 5.95 Å². The van der Waals surface area contributed by atoms with Gasteiger partial charge in [-0.2, -0.15) is 9.65 Å². The second-order valence-corrected chi connectivity index (χ2v) is 2.47. The first kappa shape index (κ1) is 10.5. The van der Waals surface area contributed by atoms with Crippen LogP contribution >= 0.6 is 0 Å². The smallest absolute Gasteiger partial charge is 0.265 e. The van der Waals surface area contributed by atoms with Gasteiger partial charge in [0, 0.05) is 18.3 Å². The van der Waals surface area contributed by atoms with Gasteiger partial charge in [0.15, 0.2) is 0 Å². The van der Waals surface area contributed by atoms with Crippen LogP contribution in [0.4, 0.5) is 13.2 Å². The van der Waals surface area contributed by atoms with Crippen molar-refractivity contribution in [2.75, 3.05) is 0 Å². The fraction of sp³-hybridized carbons (Fsp3) is 0.250. The molecule has 0 bridgehead atoms. The van der Waals surface area contributed by atoms with Crippen LogP contribution in [-0.2, 0) is 6.54 Å². The largest absolute Gasteiger partial charge is 0.326 e. The number of aromatic nitrogens is 1. The Morgan fingerprint density at radius 3 is 2.64 bits per heavy atom. The number of nitrogens with zero attached hydrogens (tertiary/aromatic N) is 2. The van der Waals surface area contributed by atoms with Gasteiger partial charge >= 0.3 is 0 Å². The summed E-state index contributed by atoms with van der Waals surface area (Å²) in [5, 5.41) is 8.51. The molecule has 74 valence electrons. The molecule has 0 amide bonds. The van der Waals surface area contributed by atoms with Crippen LogP contribution < -0.4 is 5.73 Å². The molecule has 0 saturated carbocycles. The van der Waals surface area contributed by atoms with Crippen molar-refractivity contribution >= 4 is 0 Å². The molecule has 0 atom stereocenters. The summed E-state index contributed by atoms with van der Waals surface area (Å²) in [6, 6.07) is 1.46. The molecule has 1 heterocycles. The van der Waals surface area contributed by atoms with E-state index in [0.29, 0.717) is 6.20 Å². The second-order valence-electron chi connectivity index (χ2n) is 2.47. The molecule has 3 nitrogen and oxygen atoms in total. The Kier molecular flexibility index (Phi) is 3.04. The van der Waals surface area contributed by atoms with E-state index in [1.54, 1.807) is 0 Å². The third kappa shape index (κ3) is 1.67. The van der Waals surface area contributed by atoms with Crippen LogP contribution in [0.15, 0.2) is 6.20 Å². The fourth-order valence-corrected chi connectivity index (χ4v) is 1.06. The van der Waals surface area contributed by atoms with E-state index in [4.69, 9.17) is 11.0 Å². The molecule has 0 unspecified atom stereocenters. The average molecular weight is 201 g/mol. The summed E-state index contributed by atoms with van der Waals surface area (Å²) in [5.41, 5.74) is 3.97. The van der Waals surface area contributed by atoms with Crippen LogP contribution in [0.1, 0.15) is 23.1 Å². The number of rotatable bonds is 2. The Labute approximate surface area is 78.0 Å². The van der Waals surface area contributed by atoms with Crippen LogP contribution in [0.5, 0.6) is 0 Å². The molecule has 1 aromatic heterocycles. The fourth-order valence-electron chi connectivity index (χ4n) is 1.06. The van der Waals surface area contributed by atoms with E-state index in [1.165, 1.54) is 6.07 Å². The molecule has 14 heavy (non-hydrogen) atoms. The van der Waals surface area contributed by atoms with Crippen molar-refractivity contribution in [3.63, 3.8) is 0 Å². The van der Waals surface area contributed by atoms with Gasteiger partial charge in [-0.05, 0) is 5.56 Å². The highest BCUT2D eigenvalue weighted by Gasteiger charge is 2.19. The van der Waals surface area contributed by atoms with Gasteiger partial charge in [-0.25, -0.2) is 13.8 Å². The highest BCUT2D eigenvalue weighted by atomic mass is 19.3. The van der Waals surface area contributed by atoms with Gasteiger partial charge in [-0.1, -0.05) is 0 Å². The number of hydrogen-bond donors (Lipinski definition) is 1. The lowest BCUT2D eigenvalue weighted by molar-refractivity contribution is 0.149. The van der Waals surface area contributed by atoms with Crippen molar-refractivity contribution in [3.8, 4) is 6.07 Å². The van der Waals surface area contributed by atoms with E-state index in [2.05, 4.69) is 4.98 Å². The number of hydrogen-bond acceptors (Lipinski definition) is 3. The van der Waals surface area contributed by atoms with Crippen LogP contribution in [-0.4, -0.2) is 4.98 Å². The summed E-state index contributed by atoms with van der Waals surface area (Å²) >= 11 is 0. The van der Waals surface area contributed by atoms with Crippen molar-refractivity contribution in [3.05, 3.63) is 28.8 Å². The van der Waals surface area contributed by atoms with E-state index < -0.39 is 23.5 Å². The quantitative estimate of drug-likeness (QED) is 0.737. The van der Waals surface area contributed by atoms with Crippen LogP contribution in [0.25, 0.3) is 0 Å². The monoisotopic (exact) mass is 201 g/mol. The normalized spacial score (nSPS) is 10.3. The third-order valence-electron chi connectivity index (χ3n) is 1.72. The van der Waals surface area contributed by atoms with E-state index in [0.717, 1.165) is 0 Å². The standard InChI is InChI=1S/C8H6F3N3/c9-7(10)6-3-14-8(11)5(2-13)4(6)1-12/h3,7H,1,12H2. The number of halogens is 3. The van der Waals surface area contributed by atoms with E-state index in [9.17, 15) is 13.2 Å². The van der Waals surface area contributed by atoms with Gasteiger partial charge in [-0.3, -0.25) is 0 Å². The van der Waals surface area contributed by atoms with Crippen molar-refractivity contribution in [2.45, 2.75) is 13.0 Å². The maximum absolute atomic E-state index is 12.8. The summed E-state index contributed by atoms with van der Waals surface area (Å²) in [5.74, 6) is -1.07. The molecule has 6 heteroatoms. The topological polar surface area (TPSA) is 62.7 Å². The van der Waals surface area contributed by atoms with E-state index >= 15 is 0 Å². The summed E-state index contributed by atoms with van der Waals surface area (Å²) in [4.78, 5) is 3.06. The Morgan fingerprint density at radius 2 is 2.21 bits per heavy atom. The summed E-state index contributed by atoms with van der Waals surface area (Å²) in [7, 11) is 0. The molecule has 0 radical (unpaired) electrons. The first-order valence-electron chi connectivity index (χ1n) is 3.67. The molecular weight excluding hydrogens is 195 g/mol. The number of alkyl halides is 2. The van der Waals surface area contributed by atoms with Gasteiger partial charge < -0.3 is 5.73 Å². The minimum absolute atomic E-state index is 0.185. The molecule has 1 aromatic rings. The van der Waals surface area contributed by atoms with Crippen molar-refractivity contribution in [2.24, 2.45) is 5.73 Å². The lowest BCUT2D eigenvalue weighted by Gasteiger charge is -2.07. The number of pyridine rings is 1. The van der Waals surface area contributed by atoms with Gasteiger partial charge in [0.05, 0.1) is 0 Å². The molecule has 0 saturated heterocycles. The van der Waals surface area contributed by atoms with E-state index in [1.807, 2.05) is 0 Å². The Morgan fingerprint density at radius 1 is 1.57 bits per heavy atom. The zero-order chi connectivity index (χ0) is 10.7. The minimum atomic E-state index is -2.81. The lowest BCUT2D eigenvalue weighted by atomic mass is 10.1. The maximum Gasteiger partial charge on any atom is 0.265 e. The second kappa shape index (κ2) is 4.07. The molecule has 0 fully saturated rings. The highest BCUT2D eigenvalue weighted by molar-refractivity contribution is 5.41. The first-order chi connectivity index (χ1) is 6.61. The third-order valence-corrected chi connectivity index (χ3v) is 1.72. The number of nitriles is 1. The van der Waals surface area contributed by atoms with E-state index in [-0.39, 0.29) is 12.1 Å². The molecule has 1 rings (SSSR count). The average Bonchev–Trinajstić information content (AvgIpc) is 2.16. The molecular formula is C8H6F3N3. The van der Waals surface area contributed by atoms with Crippen molar-refractivity contribution < 1.29 is 13.2 Å². The maximum atomic E-state index is 12.8. The zero-order valence-electron chi connectivity index (χ0n) is 6.97. The summed E-state index contributed by atoms with van der Waals surface area (Å²) < 4.78 is 37.5. The van der Waals surface area contributed by atoms with Crippen LogP contribution in [0, 0.1) is 17.3 Å². The number of nitrogens with two attached hydrogens (primary N) is 1. The van der Waals surface area contributed by atoms with Gasteiger partial charge in [0.1, 0.15) is 11.6 Å². The lowest BCUT2D eigenvalue weighted by Crippen LogP contribution is -2.08. The molecule has 0 aliphatic carbocycles. The molecule has 0 spiro atoms. The predicted octanol–water partition coefficient (Wildman–Crippen LogP) is 1.49. The molecule has 0 aliphatic rings. The summed E-state index contributed by atoms with van der Waals surface area (Å²) in [6.45, 7) is -0.317. The first-order valence-corrected chi connectivity index (χ1v) is 3.67. The summed E-state index contributed by atoms with van der Waals surface area (Å²) in [6.07, 6.45) is -2.11. The van der Waals surface area contributed by atoms with Crippen molar-refractivity contribution in [1.29, 1.82) is 5.26 Å².